The Morgan fingerprint density at radius 3 is 2.50 bits per heavy atom. The summed E-state index contributed by atoms with van der Waals surface area (Å²) >= 11 is 1.59. The Bertz CT molecular complexity index is 1060. The molecule has 1 atom stereocenters. The highest BCUT2D eigenvalue weighted by atomic mass is 32.1. The molecule has 30 heavy (non-hydrogen) atoms. The van der Waals surface area contributed by atoms with Crippen molar-refractivity contribution in [3.63, 3.8) is 0 Å². The van der Waals surface area contributed by atoms with Gasteiger partial charge in [0.2, 0.25) is 0 Å². The van der Waals surface area contributed by atoms with Gasteiger partial charge in [-0.1, -0.05) is 24.3 Å². The van der Waals surface area contributed by atoms with Crippen molar-refractivity contribution in [2.75, 3.05) is 26.0 Å². The van der Waals surface area contributed by atoms with E-state index in [0.29, 0.717) is 0 Å². The number of thiophene rings is 1. The van der Waals surface area contributed by atoms with E-state index < -0.39 is 23.6 Å². The Labute approximate surface area is 175 Å². The molecule has 0 saturated heterocycles. The van der Waals surface area contributed by atoms with Gasteiger partial charge in [-0.05, 0) is 54.7 Å². The Kier molecular flexibility index (Phi) is 6.42. The Hall–Kier alpha value is -2.91. The highest BCUT2D eigenvalue weighted by Gasteiger charge is 2.30. The molecule has 1 aromatic heterocycles. The molecular formula is C21H20F3N3O2S. The lowest BCUT2D eigenvalue weighted by atomic mass is 10.0. The van der Waals surface area contributed by atoms with E-state index in [0.717, 1.165) is 27.8 Å². The van der Waals surface area contributed by atoms with Gasteiger partial charge in [0.1, 0.15) is 0 Å². The third-order valence-electron chi connectivity index (χ3n) is 4.60. The Morgan fingerprint density at radius 2 is 1.80 bits per heavy atom. The second-order valence-corrected chi connectivity index (χ2v) is 7.82. The minimum Gasteiger partial charge on any atom is -0.346 e. The van der Waals surface area contributed by atoms with Crippen molar-refractivity contribution >= 4 is 38.9 Å². The first kappa shape index (κ1) is 21.8. The molecule has 3 aromatic rings. The first-order chi connectivity index (χ1) is 14.2. The van der Waals surface area contributed by atoms with E-state index in [2.05, 4.69) is 10.6 Å². The topological polar surface area (TPSA) is 61.4 Å². The zero-order valence-electron chi connectivity index (χ0n) is 16.3. The van der Waals surface area contributed by atoms with Crippen LogP contribution in [0.25, 0.3) is 10.1 Å². The van der Waals surface area contributed by atoms with Crippen molar-refractivity contribution in [1.29, 1.82) is 0 Å². The lowest BCUT2D eigenvalue weighted by Crippen LogP contribution is -2.40. The van der Waals surface area contributed by atoms with Crippen LogP contribution in [-0.2, 0) is 15.8 Å². The minimum absolute atomic E-state index is 0.0991. The molecule has 0 unspecified atom stereocenters. The number of halogens is 3. The van der Waals surface area contributed by atoms with Crippen LogP contribution in [0.15, 0.2) is 53.9 Å². The zero-order valence-corrected chi connectivity index (χ0v) is 17.1. The van der Waals surface area contributed by atoms with Crippen molar-refractivity contribution in [2.24, 2.45) is 0 Å². The van der Waals surface area contributed by atoms with Crippen molar-refractivity contribution < 1.29 is 22.8 Å². The van der Waals surface area contributed by atoms with Gasteiger partial charge in [-0.25, -0.2) is 0 Å². The molecule has 0 saturated carbocycles. The van der Waals surface area contributed by atoms with Crippen LogP contribution in [0.3, 0.4) is 0 Å². The van der Waals surface area contributed by atoms with Crippen LogP contribution in [-0.4, -0.2) is 37.4 Å². The van der Waals surface area contributed by atoms with Crippen LogP contribution in [0.5, 0.6) is 0 Å². The Morgan fingerprint density at radius 1 is 1.07 bits per heavy atom. The van der Waals surface area contributed by atoms with Gasteiger partial charge >= 0.3 is 18.0 Å². The number of carbonyl (C=O) groups excluding carboxylic acids is 2. The van der Waals surface area contributed by atoms with E-state index in [1.165, 1.54) is 12.1 Å². The third kappa shape index (κ3) is 4.98. The minimum atomic E-state index is -4.54. The van der Waals surface area contributed by atoms with Crippen LogP contribution >= 0.6 is 11.3 Å². The number of nitrogens with one attached hydrogen (secondary N) is 2. The number of hydrogen-bond acceptors (Lipinski definition) is 4. The molecule has 2 N–H and O–H groups in total. The van der Waals surface area contributed by atoms with Gasteiger partial charge in [0.25, 0.3) is 0 Å². The molecule has 2 amide bonds. The van der Waals surface area contributed by atoms with Gasteiger partial charge in [0.05, 0.1) is 11.6 Å². The number of likely N-dealkylation sites (N-methyl/N-ethyl adjacent to an activating group) is 1. The number of anilines is 1. The highest BCUT2D eigenvalue weighted by Crippen LogP contribution is 2.32. The molecule has 0 fully saturated rings. The van der Waals surface area contributed by atoms with E-state index in [-0.39, 0.29) is 18.3 Å². The molecule has 5 nitrogen and oxygen atoms in total. The van der Waals surface area contributed by atoms with Crippen molar-refractivity contribution in [1.82, 2.24) is 10.2 Å². The van der Waals surface area contributed by atoms with E-state index in [9.17, 15) is 22.8 Å². The first-order valence-corrected chi connectivity index (χ1v) is 9.94. The van der Waals surface area contributed by atoms with Gasteiger partial charge < -0.3 is 15.5 Å². The number of amides is 2. The number of nitrogens with zero attached hydrogens (tertiary/aromatic N) is 1. The average Bonchev–Trinajstić information content (AvgIpc) is 3.11. The van der Waals surface area contributed by atoms with E-state index in [1.807, 2.05) is 48.6 Å². The fourth-order valence-corrected chi connectivity index (χ4v) is 4.07. The van der Waals surface area contributed by atoms with Crippen LogP contribution in [0.4, 0.5) is 18.9 Å². The zero-order chi connectivity index (χ0) is 21.9. The molecule has 0 bridgehead atoms. The number of carbonyl (C=O) groups is 2. The van der Waals surface area contributed by atoms with E-state index >= 15 is 0 Å². The quantitative estimate of drug-likeness (QED) is 0.588. The molecule has 0 aliphatic heterocycles. The molecule has 3 rings (SSSR count). The van der Waals surface area contributed by atoms with Crippen LogP contribution in [0.2, 0.25) is 0 Å². The molecule has 9 heteroatoms. The summed E-state index contributed by atoms with van der Waals surface area (Å²) < 4.78 is 39.5. The fraction of sp³-hybridized carbons (Fsp3) is 0.238. The molecule has 1 heterocycles. The summed E-state index contributed by atoms with van der Waals surface area (Å²) in [6, 6.07) is 11.9. The van der Waals surface area contributed by atoms with Crippen LogP contribution in [0, 0.1) is 0 Å². The van der Waals surface area contributed by atoms with Gasteiger partial charge in [-0.15, -0.1) is 11.3 Å². The van der Waals surface area contributed by atoms with Gasteiger partial charge in [-0.3, -0.25) is 9.59 Å². The van der Waals surface area contributed by atoms with Crippen LogP contribution < -0.4 is 10.6 Å². The maximum Gasteiger partial charge on any atom is 0.416 e. The predicted octanol–water partition coefficient (Wildman–Crippen LogP) is 4.28. The van der Waals surface area contributed by atoms with Gasteiger partial charge in [0, 0.05) is 16.9 Å². The SMILES string of the molecule is CN(C)[C@@H](CNC(=O)C(=O)Nc1cccc(C(F)(F)F)c1)c1csc2ccccc12. The molecule has 0 spiro atoms. The van der Waals surface area contributed by atoms with E-state index in [4.69, 9.17) is 0 Å². The predicted molar refractivity (Wildman–Crippen MR) is 111 cm³/mol. The Balaban J connectivity index is 1.67. The molecular weight excluding hydrogens is 415 g/mol. The number of rotatable bonds is 5. The summed E-state index contributed by atoms with van der Waals surface area (Å²) in [7, 11) is 3.73. The largest absolute Gasteiger partial charge is 0.416 e. The summed E-state index contributed by atoms with van der Waals surface area (Å²) in [5.41, 5.74) is 0.0230. The molecule has 0 aliphatic rings. The lowest BCUT2D eigenvalue weighted by Gasteiger charge is -2.24. The highest BCUT2D eigenvalue weighted by molar-refractivity contribution is 7.17. The van der Waals surface area contributed by atoms with Crippen molar-refractivity contribution in [2.45, 2.75) is 12.2 Å². The third-order valence-corrected chi connectivity index (χ3v) is 5.58. The monoisotopic (exact) mass is 435 g/mol. The summed E-state index contributed by atoms with van der Waals surface area (Å²) in [6.45, 7) is 0.169. The van der Waals surface area contributed by atoms with Crippen molar-refractivity contribution in [3.05, 3.63) is 65.0 Å². The second-order valence-electron chi connectivity index (χ2n) is 6.91. The molecule has 158 valence electrons. The molecule has 2 aromatic carbocycles. The first-order valence-electron chi connectivity index (χ1n) is 9.06. The average molecular weight is 435 g/mol. The van der Waals surface area contributed by atoms with Gasteiger partial charge in [0.15, 0.2) is 0 Å². The standard InChI is InChI=1S/C21H20F3N3O2S/c1-27(2)17(16-12-30-18-9-4-3-8-15(16)18)11-25-19(28)20(29)26-14-7-5-6-13(10-14)21(22,23)24/h3-10,12,17H,11H2,1-2H3,(H,25,28)(H,26,29)/t17-/m0/s1. The maximum absolute atomic E-state index is 12.8. The summed E-state index contributed by atoms with van der Waals surface area (Å²) in [5, 5.41) is 7.87. The molecule has 0 aliphatic carbocycles. The van der Waals surface area contributed by atoms with Crippen LogP contribution in [0.1, 0.15) is 17.2 Å². The lowest BCUT2D eigenvalue weighted by molar-refractivity contribution is -0.137. The van der Waals surface area contributed by atoms with E-state index in [1.54, 1.807) is 11.3 Å². The second kappa shape index (κ2) is 8.85. The van der Waals surface area contributed by atoms with Crippen molar-refractivity contribution in [3.8, 4) is 0 Å². The number of hydrogen-bond donors (Lipinski definition) is 2. The number of benzene rings is 2. The van der Waals surface area contributed by atoms with Gasteiger partial charge in [-0.2, -0.15) is 13.2 Å². The number of fused-ring (bicyclic) bond motifs is 1. The number of alkyl halides is 3. The molecule has 0 radical (unpaired) electrons. The summed E-state index contributed by atoms with van der Waals surface area (Å²) in [5.74, 6) is -1.94. The smallest absolute Gasteiger partial charge is 0.346 e. The summed E-state index contributed by atoms with van der Waals surface area (Å²) in [4.78, 5) is 26.3. The maximum atomic E-state index is 12.8. The summed E-state index contributed by atoms with van der Waals surface area (Å²) in [6.07, 6.45) is -4.54. The normalized spacial score (nSPS) is 12.7. The fourth-order valence-electron chi connectivity index (χ4n) is 3.06.